The van der Waals surface area contributed by atoms with E-state index >= 15 is 0 Å². The van der Waals surface area contributed by atoms with Crippen LogP contribution in [-0.4, -0.2) is 22.6 Å². The molecule has 1 N–H and O–H groups in total. The fourth-order valence-electron chi connectivity index (χ4n) is 2.60. The van der Waals surface area contributed by atoms with Crippen LogP contribution in [-0.2, 0) is 17.9 Å². The number of benzene rings is 2. The summed E-state index contributed by atoms with van der Waals surface area (Å²) in [6, 6.07) is 21.1. The van der Waals surface area contributed by atoms with Crippen LogP contribution in [0.4, 0.5) is 4.79 Å². The third-order valence-electron chi connectivity index (χ3n) is 4.00. The number of hydrogen-bond acceptors (Lipinski definition) is 4. The molecule has 0 bridgehead atoms. The van der Waals surface area contributed by atoms with Gasteiger partial charge in [-0.05, 0) is 33.5 Å². The molecule has 1 amide bonds. The van der Waals surface area contributed by atoms with Crippen molar-refractivity contribution in [2.24, 2.45) is 0 Å². The summed E-state index contributed by atoms with van der Waals surface area (Å²) in [5.41, 5.74) is 2.73. The Balaban J connectivity index is 1.67. The average molecular weight is 367 g/mol. The smallest absolute Gasteiger partial charge is 0.410 e. The van der Waals surface area contributed by atoms with Crippen molar-refractivity contribution in [1.29, 1.82) is 0 Å². The lowest BCUT2D eigenvalue weighted by molar-refractivity contribution is 0.0658. The highest BCUT2D eigenvalue weighted by molar-refractivity contribution is 7.07. The molecule has 0 aliphatic carbocycles. The Hall–Kier alpha value is -2.63. The Kier molecular flexibility index (Phi) is 6.41. The minimum absolute atomic E-state index is 0.180. The van der Waals surface area contributed by atoms with E-state index in [0.717, 1.165) is 16.7 Å². The van der Waals surface area contributed by atoms with Crippen molar-refractivity contribution in [1.82, 2.24) is 4.90 Å². The highest BCUT2D eigenvalue weighted by Crippen LogP contribution is 2.19. The van der Waals surface area contributed by atoms with Gasteiger partial charge in [0.25, 0.3) is 0 Å². The van der Waals surface area contributed by atoms with Crippen LogP contribution in [0.25, 0.3) is 0 Å². The van der Waals surface area contributed by atoms with Crippen molar-refractivity contribution in [2.75, 3.05) is 6.54 Å². The van der Waals surface area contributed by atoms with Gasteiger partial charge in [0, 0.05) is 6.54 Å². The predicted molar refractivity (Wildman–Crippen MR) is 103 cm³/mol. The molecule has 1 atom stereocenters. The molecule has 26 heavy (non-hydrogen) atoms. The summed E-state index contributed by atoms with van der Waals surface area (Å²) in [7, 11) is 0. The molecule has 0 saturated carbocycles. The second kappa shape index (κ2) is 9.17. The number of ether oxygens (including phenoxy) is 1. The van der Waals surface area contributed by atoms with Crippen LogP contribution in [0.3, 0.4) is 0 Å². The second-order valence-corrected chi connectivity index (χ2v) is 6.76. The summed E-state index contributed by atoms with van der Waals surface area (Å²) in [5.74, 6) is 0. The van der Waals surface area contributed by atoms with E-state index in [2.05, 4.69) is 0 Å². The Morgan fingerprint density at radius 3 is 2.27 bits per heavy atom. The molecule has 0 fully saturated rings. The molecule has 3 aromatic rings. The average Bonchev–Trinajstić information content (AvgIpc) is 3.22. The Labute approximate surface area is 157 Å². The topological polar surface area (TPSA) is 49.8 Å². The largest absolute Gasteiger partial charge is 0.445 e. The standard InChI is InChI=1S/C21H21NO3S/c23-20(19-11-12-26-16-19)14-22(13-17-7-3-1-4-8-17)21(24)25-15-18-9-5-2-6-10-18/h1-12,16,20,23H,13-15H2. The summed E-state index contributed by atoms with van der Waals surface area (Å²) in [5, 5.41) is 14.2. The van der Waals surface area contributed by atoms with Gasteiger partial charge in [-0.15, -0.1) is 0 Å². The molecular formula is C21H21NO3S. The molecular weight excluding hydrogens is 346 g/mol. The van der Waals surface area contributed by atoms with Gasteiger partial charge < -0.3 is 14.7 Å². The zero-order chi connectivity index (χ0) is 18.2. The number of thiophene rings is 1. The van der Waals surface area contributed by atoms with Crippen molar-refractivity contribution < 1.29 is 14.6 Å². The minimum atomic E-state index is -0.741. The molecule has 0 aliphatic heterocycles. The Morgan fingerprint density at radius 2 is 1.65 bits per heavy atom. The Bertz CT molecular complexity index is 791. The number of amides is 1. The SMILES string of the molecule is O=C(OCc1ccccc1)N(Cc1ccccc1)CC(O)c1ccsc1. The lowest BCUT2D eigenvalue weighted by Crippen LogP contribution is -2.34. The predicted octanol–water partition coefficient (Wildman–Crippen LogP) is 4.62. The van der Waals surface area contributed by atoms with E-state index in [4.69, 9.17) is 4.74 Å². The first kappa shape index (κ1) is 18.2. The molecule has 1 unspecified atom stereocenters. The number of rotatable bonds is 7. The van der Waals surface area contributed by atoms with E-state index in [1.165, 1.54) is 11.3 Å². The lowest BCUT2D eigenvalue weighted by Gasteiger charge is -2.24. The van der Waals surface area contributed by atoms with Crippen molar-refractivity contribution in [2.45, 2.75) is 19.3 Å². The first-order valence-electron chi connectivity index (χ1n) is 8.42. The van der Waals surface area contributed by atoms with Crippen molar-refractivity contribution in [3.8, 4) is 0 Å². The van der Waals surface area contributed by atoms with Gasteiger partial charge in [0.15, 0.2) is 0 Å². The maximum atomic E-state index is 12.6. The van der Waals surface area contributed by atoms with Crippen molar-refractivity contribution >= 4 is 17.4 Å². The van der Waals surface area contributed by atoms with Gasteiger partial charge in [0.2, 0.25) is 0 Å². The molecule has 4 nitrogen and oxygen atoms in total. The highest BCUT2D eigenvalue weighted by atomic mass is 32.1. The van der Waals surface area contributed by atoms with Crippen LogP contribution < -0.4 is 0 Å². The molecule has 134 valence electrons. The van der Waals surface area contributed by atoms with Gasteiger partial charge >= 0.3 is 6.09 Å². The third-order valence-corrected chi connectivity index (χ3v) is 4.70. The number of carbonyl (C=O) groups excluding carboxylic acids is 1. The molecule has 3 rings (SSSR count). The van der Waals surface area contributed by atoms with Crippen LogP contribution in [0, 0.1) is 0 Å². The summed E-state index contributed by atoms with van der Waals surface area (Å²) >= 11 is 1.52. The van der Waals surface area contributed by atoms with Crippen LogP contribution in [0.5, 0.6) is 0 Å². The second-order valence-electron chi connectivity index (χ2n) is 5.98. The fourth-order valence-corrected chi connectivity index (χ4v) is 3.30. The monoisotopic (exact) mass is 367 g/mol. The summed E-state index contributed by atoms with van der Waals surface area (Å²) in [4.78, 5) is 14.2. The van der Waals surface area contributed by atoms with E-state index in [1.807, 2.05) is 77.5 Å². The molecule has 5 heteroatoms. The zero-order valence-electron chi connectivity index (χ0n) is 14.3. The van der Waals surface area contributed by atoms with Crippen LogP contribution in [0.2, 0.25) is 0 Å². The zero-order valence-corrected chi connectivity index (χ0v) is 15.1. The number of aliphatic hydroxyl groups is 1. The fraction of sp³-hybridized carbons (Fsp3) is 0.190. The number of aliphatic hydroxyl groups excluding tert-OH is 1. The van der Waals surface area contributed by atoms with Gasteiger partial charge in [0.1, 0.15) is 6.61 Å². The van der Waals surface area contributed by atoms with E-state index in [9.17, 15) is 9.90 Å². The molecule has 0 spiro atoms. The molecule has 0 radical (unpaired) electrons. The van der Waals surface area contributed by atoms with E-state index < -0.39 is 12.2 Å². The number of hydrogen-bond donors (Lipinski definition) is 1. The van der Waals surface area contributed by atoms with E-state index in [0.29, 0.717) is 6.54 Å². The van der Waals surface area contributed by atoms with Gasteiger partial charge in [-0.3, -0.25) is 0 Å². The van der Waals surface area contributed by atoms with Crippen LogP contribution in [0.15, 0.2) is 77.5 Å². The lowest BCUT2D eigenvalue weighted by atomic mass is 10.1. The normalized spacial score (nSPS) is 11.7. The first-order chi connectivity index (χ1) is 12.7. The van der Waals surface area contributed by atoms with E-state index in [1.54, 1.807) is 4.90 Å². The quantitative estimate of drug-likeness (QED) is 0.663. The van der Waals surface area contributed by atoms with Crippen molar-refractivity contribution in [3.05, 3.63) is 94.2 Å². The first-order valence-corrected chi connectivity index (χ1v) is 9.36. The Morgan fingerprint density at radius 1 is 1.00 bits per heavy atom. The summed E-state index contributed by atoms with van der Waals surface area (Å²) in [6.45, 7) is 0.772. The number of carbonyl (C=O) groups is 1. The van der Waals surface area contributed by atoms with Gasteiger partial charge in [-0.2, -0.15) is 11.3 Å². The molecule has 1 aromatic heterocycles. The molecule has 2 aromatic carbocycles. The van der Waals surface area contributed by atoms with E-state index in [-0.39, 0.29) is 13.2 Å². The van der Waals surface area contributed by atoms with Gasteiger partial charge in [-0.25, -0.2) is 4.79 Å². The highest BCUT2D eigenvalue weighted by Gasteiger charge is 2.20. The minimum Gasteiger partial charge on any atom is -0.445 e. The van der Waals surface area contributed by atoms with Gasteiger partial charge in [-0.1, -0.05) is 60.7 Å². The summed E-state index contributed by atoms with van der Waals surface area (Å²) in [6.07, 6.45) is -1.18. The molecule has 0 saturated heterocycles. The number of nitrogens with zero attached hydrogens (tertiary/aromatic N) is 1. The summed E-state index contributed by atoms with van der Waals surface area (Å²) < 4.78 is 5.46. The third kappa shape index (κ3) is 5.18. The van der Waals surface area contributed by atoms with Crippen LogP contribution in [0.1, 0.15) is 22.8 Å². The van der Waals surface area contributed by atoms with Gasteiger partial charge in [0.05, 0.1) is 12.6 Å². The molecule has 1 heterocycles. The maximum absolute atomic E-state index is 12.6. The van der Waals surface area contributed by atoms with Crippen LogP contribution >= 0.6 is 11.3 Å². The molecule has 0 aliphatic rings. The van der Waals surface area contributed by atoms with Crippen molar-refractivity contribution in [3.63, 3.8) is 0 Å². The maximum Gasteiger partial charge on any atom is 0.410 e.